The van der Waals surface area contributed by atoms with Crippen LogP contribution in [0, 0.1) is 0 Å². The number of alkyl carbamates (subject to hydrolysis) is 1. The summed E-state index contributed by atoms with van der Waals surface area (Å²) in [6.45, 7) is 2.08. The maximum atomic E-state index is 13.7. The van der Waals surface area contributed by atoms with Gasteiger partial charge in [0.15, 0.2) is 0 Å². The van der Waals surface area contributed by atoms with Crippen molar-refractivity contribution >= 4 is 39.4 Å². The van der Waals surface area contributed by atoms with Gasteiger partial charge in [0.1, 0.15) is 11.9 Å². The van der Waals surface area contributed by atoms with Crippen LogP contribution in [-0.4, -0.2) is 61.0 Å². The van der Waals surface area contributed by atoms with Crippen LogP contribution in [0.25, 0.3) is 10.2 Å². The Hall–Kier alpha value is -2.60. The van der Waals surface area contributed by atoms with Crippen molar-refractivity contribution in [1.29, 1.82) is 0 Å². The number of amides is 2. The number of hydrogen-bond acceptors (Lipinski definition) is 7. The first-order chi connectivity index (χ1) is 14.6. The fraction of sp³-hybridized carbons (Fsp3) is 0.526. The average molecular weight is 460 g/mol. The van der Waals surface area contributed by atoms with Crippen molar-refractivity contribution in [2.45, 2.75) is 38.1 Å². The largest absolute Gasteiger partial charge is 0.446 e. The van der Waals surface area contributed by atoms with Crippen LogP contribution in [0.5, 0.6) is 0 Å². The summed E-state index contributed by atoms with van der Waals surface area (Å²) < 4.78 is 46.2. The molecular weight excluding hydrogens is 437 g/mol. The van der Waals surface area contributed by atoms with Gasteiger partial charge in [-0.05, 0) is 13.0 Å². The number of thiophene rings is 1. The molecule has 170 valence electrons. The van der Waals surface area contributed by atoms with Crippen molar-refractivity contribution in [2.24, 2.45) is 0 Å². The Morgan fingerprint density at radius 2 is 2.06 bits per heavy atom. The highest BCUT2D eigenvalue weighted by molar-refractivity contribution is 7.17. The Balaban J connectivity index is 1.80. The normalized spacial score (nSPS) is 16.3. The number of carbonyl (C=O) groups is 2. The van der Waals surface area contributed by atoms with Crippen molar-refractivity contribution in [3.05, 3.63) is 22.6 Å². The molecular formula is C19H23F3N4O4S. The molecule has 0 saturated carbocycles. The molecule has 2 amide bonds. The predicted octanol–water partition coefficient (Wildman–Crippen LogP) is 2.75. The van der Waals surface area contributed by atoms with Crippen molar-refractivity contribution in [2.75, 3.05) is 31.6 Å². The average Bonchev–Trinajstić information content (AvgIpc) is 3.16. The first-order valence-electron chi connectivity index (χ1n) is 9.68. The molecule has 31 heavy (non-hydrogen) atoms. The Morgan fingerprint density at radius 1 is 1.39 bits per heavy atom. The van der Waals surface area contributed by atoms with E-state index >= 15 is 0 Å². The van der Waals surface area contributed by atoms with Crippen LogP contribution in [0.15, 0.2) is 11.4 Å². The summed E-state index contributed by atoms with van der Waals surface area (Å²) in [5.41, 5.74) is -0.712. The third-order valence-electron chi connectivity index (χ3n) is 4.96. The smallest absolute Gasteiger partial charge is 0.417 e. The summed E-state index contributed by atoms with van der Waals surface area (Å²) in [4.78, 5) is 29.9. The van der Waals surface area contributed by atoms with Gasteiger partial charge in [0.05, 0.1) is 34.0 Å². The summed E-state index contributed by atoms with van der Waals surface area (Å²) in [5, 5.41) is 15.3. The number of anilines is 1. The van der Waals surface area contributed by atoms with Crippen molar-refractivity contribution in [3.63, 3.8) is 0 Å². The summed E-state index contributed by atoms with van der Waals surface area (Å²) in [7, 11) is 1.41. The number of pyridine rings is 1. The first kappa shape index (κ1) is 23.1. The molecule has 1 aliphatic rings. The summed E-state index contributed by atoms with van der Waals surface area (Å²) in [6.07, 6.45) is -4.81. The monoisotopic (exact) mass is 460 g/mol. The molecule has 1 aliphatic heterocycles. The molecule has 8 nitrogen and oxygen atoms in total. The molecule has 1 fully saturated rings. The van der Waals surface area contributed by atoms with Gasteiger partial charge in [-0.1, -0.05) is 0 Å². The SMILES string of the molecule is CNC(=O)c1csc2c(C(F)(F)F)cc(N3CCC(OC(=O)N[C@@H](C)CO)CC3)nc12. The lowest BCUT2D eigenvalue weighted by Gasteiger charge is -2.33. The molecule has 2 aromatic heterocycles. The summed E-state index contributed by atoms with van der Waals surface area (Å²) in [6, 6.07) is 0.563. The minimum atomic E-state index is -4.59. The first-order valence-corrected chi connectivity index (χ1v) is 10.6. The molecule has 0 spiro atoms. The van der Waals surface area contributed by atoms with Gasteiger partial charge < -0.3 is 25.4 Å². The number of nitrogens with zero attached hydrogens (tertiary/aromatic N) is 2. The Bertz CT molecular complexity index is 958. The number of hydrogen-bond donors (Lipinski definition) is 3. The van der Waals surface area contributed by atoms with Crippen molar-refractivity contribution in [1.82, 2.24) is 15.6 Å². The van der Waals surface area contributed by atoms with Crippen molar-refractivity contribution < 1.29 is 32.6 Å². The van der Waals surface area contributed by atoms with Crippen LogP contribution in [0.2, 0.25) is 0 Å². The quantitative estimate of drug-likeness (QED) is 0.634. The number of alkyl halides is 3. The fourth-order valence-electron chi connectivity index (χ4n) is 3.30. The lowest BCUT2D eigenvalue weighted by atomic mass is 10.1. The van der Waals surface area contributed by atoms with E-state index in [1.165, 1.54) is 12.4 Å². The van der Waals surface area contributed by atoms with Crippen LogP contribution in [0.3, 0.4) is 0 Å². The van der Waals surface area contributed by atoms with E-state index in [0.29, 0.717) is 25.9 Å². The molecule has 0 radical (unpaired) electrons. The number of aliphatic hydroxyl groups excluding tert-OH is 1. The van der Waals surface area contributed by atoms with Crippen LogP contribution >= 0.6 is 11.3 Å². The van der Waals surface area contributed by atoms with E-state index in [2.05, 4.69) is 15.6 Å². The Morgan fingerprint density at radius 3 is 2.65 bits per heavy atom. The molecule has 12 heteroatoms. The number of aromatic nitrogens is 1. The lowest BCUT2D eigenvalue weighted by Crippen LogP contribution is -2.42. The Kier molecular flexibility index (Phi) is 6.90. The molecule has 0 aromatic carbocycles. The highest BCUT2D eigenvalue weighted by atomic mass is 32.1. The van der Waals surface area contributed by atoms with Gasteiger partial charge in [-0.3, -0.25) is 4.79 Å². The maximum absolute atomic E-state index is 13.7. The van der Waals surface area contributed by atoms with E-state index < -0.39 is 35.9 Å². The fourth-order valence-corrected chi connectivity index (χ4v) is 4.32. The molecule has 3 N–H and O–H groups in total. The number of aliphatic hydroxyl groups is 1. The minimum absolute atomic E-state index is 0.0184. The van der Waals surface area contributed by atoms with Gasteiger partial charge in [0.25, 0.3) is 5.91 Å². The molecule has 1 atom stereocenters. The maximum Gasteiger partial charge on any atom is 0.417 e. The lowest BCUT2D eigenvalue weighted by molar-refractivity contribution is -0.136. The van der Waals surface area contributed by atoms with Crippen LogP contribution < -0.4 is 15.5 Å². The van der Waals surface area contributed by atoms with Crippen molar-refractivity contribution in [3.8, 4) is 0 Å². The van der Waals surface area contributed by atoms with Crippen LogP contribution in [0.4, 0.5) is 23.8 Å². The standard InChI is InChI=1S/C19H23F3N4O4S/c1-10(8-27)24-18(29)30-11-3-5-26(6-4-11)14-7-13(19(20,21)22)16-15(25-14)12(9-31-16)17(28)23-2/h7,9-11,27H,3-6,8H2,1-2H3,(H,23,28)(H,24,29)/t10-/m0/s1. The number of carbonyl (C=O) groups excluding carboxylic acids is 2. The van der Waals surface area contributed by atoms with E-state index in [-0.39, 0.29) is 28.2 Å². The topological polar surface area (TPSA) is 104 Å². The zero-order valence-corrected chi connectivity index (χ0v) is 17.8. The highest BCUT2D eigenvalue weighted by Crippen LogP contribution is 2.40. The molecule has 0 aliphatic carbocycles. The van der Waals surface area contributed by atoms with E-state index in [0.717, 1.165) is 17.4 Å². The van der Waals surface area contributed by atoms with E-state index in [9.17, 15) is 22.8 Å². The zero-order valence-electron chi connectivity index (χ0n) is 17.0. The molecule has 0 bridgehead atoms. The molecule has 3 rings (SSSR count). The molecule has 2 aromatic rings. The summed E-state index contributed by atoms with van der Waals surface area (Å²) >= 11 is 0.836. The second-order valence-electron chi connectivity index (χ2n) is 7.25. The molecule has 1 saturated heterocycles. The van der Waals surface area contributed by atoms with Gasteiger partial charge in [-0.2, -0.15) is 13.2 Å². The number of nitrogens with one attached hydrogen (secondary N) is 2. The number of piperidine rings is 1. The van der Waals surface area contributed by atoms with Crippen LogP contribution in [0.1, 0.15) is 35.7 Å². The van der Waals surface area contributed by atoms with Gasteiger partial charge in [-0.25, -0.2) is 9.78 Å². The second kappa shape index (κ2) is 9.27. The van der Waals surface area contributed by atoms with E-state index in [4.69, 9.17) is 9.84 Å². The molecule has 0 unspecified atom stereocenters. The number of ether oxygens (including phenoxy) is 1. The van der Waals surface area contributed by atoms with Gasteiger partial charge in [0.2, 0.25) is 0 Å². The highest BCUT2D eigenvalue weighted by Gasteiger charge is 2.36. The second-order valence-corrected chi connectivity index (χ2v) is 8.13. The zero-order chi connectivity index (χ0) is 22.8. The number of halogens is 3. The Labute approximate surface area is 180 Å². The molecule has 3 heterocycles. The predicted molar refractivity (Wildman–Crippen MR) is 109 cm³/mol. The third-order valence-corrected chi connectivity index (χ3v) is 5.97. The van der Waals surface area contributed by atoms with E-state index in [1.54, 1.807) is 11.8 Å². The third kappa shape index (κ3) is 5.18. The van der Waals surface area contributed by atoms with Gasteiger partial charge in [0, 0.05) is 38.4 Å². The van der Waals surface area contributed by atoms with Gasteiger partial charge >= 0.3 is 12.3 Å². The van der Waals surface area contributed by atoms with Crippen LogP contribution in [-0.2, 0) is 10.9 Å². The van der Waals surface area contributed by atoms with Gasteiger partial charge in [-0.15, -0.1) is 11.3 Å². The number of rotatable bonds is 5. The number of fused-ring (bicyclic) bond motifs is 1. The van der Waals surface area contributed by atoms with E-state index in [1.807, 2.05) is 0 Å². The minimum Gasteiger partial charge on any atom is -0.446 e. The summed E-state index contributed by atoms with van der Waals surface area (Å²) in [5.74, 6) is -0.376.